The van der Waals surface area contributed by atoms with Crippen LogP contribution in [0.5, 0.6) is 0 Å². The predicted octanol–water partition coefficient (Wildman–Crippen LogP) is 0.750. The molecule has 1 N–H and O–H groups in total. The van der Waals surface area contributed by atoms with Gasteiger partial charge in [0.05, 0.1) is 12.4 Å². The van der Waals surface area contributed by atoms with E-state index in [4.69, 9.17) is 0 Å². The van der Waals surface area contributed by atoms with E-state index in [-0.39, 0.29) is 0 Å². The van der Waals surface area contributed by atoms with E-state index in [2.05, 4.69) is 10.1 Å². The molecule has 2 atom stereocenters. The average molecular weight is 388 g/mol. The third kappa shape index (κ3) is 4.62. The lowest BCUT2D eigenvalue weighted by Crippen LogP contribution is -2.57. The minimum absolute atomic E-state index is 0.292. The fraction of sp³-hybridized carbons (Fsp3) is 0.824. The number of methoxy groups -OCH3 is 1. The van der Waals surface area contributed by atoms with E-state index in [1.54, 1.807) is 0 Å². The zero-order valence-corrected chi connectivity index (χ0v) is 16.2. The van der Waals surface area contributed by atoms with Crippen molar-refractivity contribution in [1.29, 1.82) is 0 Å². The molecule has 2 rings (SSSR count). The van der Waals surface area contributed by atoms with E-state index < -0.39 is 45.0 Å². The van der Waals surface area contributed by atoms with Gasteiger partial charge < -0.3 is 10.1 Å². The molecule has 0 radical (unpaired) electrons. The molecule has 148 valence electrons. The molecule has 26 heavy (non-hydrogen) atoms. The molecule has 0 aromatic carbocycles. The third-order valence-electron chi connectivity index (χ3n) is 5.19. The maximum absolute atomic E-state index is 13.1. The molecule has 2 aliphatic rings. The average Bonchev–Trinajstić information content (AvgIpc) is 2.65. The molecule has 1 saturated heterocycles. The second-order valence-corrected chi connectivity index (χ2v) is 9.17. The first-order chi connectivity index (χ1) is 12.3. The standard InChI is InChI=1S/C17H28N2O6S/c1-12(20)15(17(22)25-2)18-16(21)14-10-6-7-11-19(14)26(23,24)13-8-4-3-5-9-13/h13-15H,3-11H2,1-2H3,(H,18,21)/t14-,15?/m0/s1. The SMILES string of the molecule is COC(=O)C(NC(=O)[C@@H]1CCCCN1S(=O)(=O)C1CCCCC1)C(C)=O. The molecule has 0 aromatic heterocycles. The number of hydrogen-bond donors (Lipinski definition) is 1. The Bertz CT molecular complexity index is 642. The topological polar surface area (TPSA) is 110 Å². The molecule has 9 heteroatoms. The summed E-state index contributed by atoms with van der Waals surface area (Å²) < 4.78 is 31.9. The van der Waals surface area contributed by atoms with Gasteiger partial charge in [0.1, 0.15) is 6.04 Å². The van der Waals surface area contributed by atoms with Crippen molar-refractivity contribution in [1.82, 2.24) is 9.62 Å². The lowest BCUT2D eigenvalue weighted by molar-refractivity contribution is -0.148. The highest BCUT2D eigenvalue weighted by Gasteiger charge is 2.42. The Morgan fingerprint density at radius 3 is 2.23 bits per heavy atom. The molecule has 0 spiro atoms. The number of nitrogens with zero attached hydrogens (tertiary/aromatic N) is 1. The second-order valence-electron chi connectivity index (χ2n) is 7.00. The van der Waals surface area contributed by atoms with Crippen LogP contribution in [0.4, 0.5) is 0 Å². The molecule has 0 bridgehead atoms. The molecule has 1 saturated carbocycles. The molecular weight excluding hydrogens is 360 g/mol. The molecule has 2 fully saturated rings. The number of rotatable bonds is 6. The fourth-order valence-corrected chi connectivity index (χ4v) is 5.96. The molecule has 1 aliphatic heterocycles. The van der Waals surface area contributed by atoms with Crippen molar-refractivity contribution in [2.75, 3.05) is 13.7 Å². The number of ether oxygens (including phenoxy) is 1. The fourth-order valence-electron chi connectivity index (χ4n) is 3.71. The van der Waals surface area contributed by atoms with E-state index in [0.717, 1.165) is 32.8 Å². The summed E-state index contributed by atoms with van der Waals surface area (Å²) in [6.07, 6.45) is 5.82. The molecule has 1 aliphatic carbocycles. The van der Waals surface area contributed by atoms with Crippen LogP contribution in [0, 0.1) is 0 Å². The van der Waals surface area contributed by atoms with Crippen LogP contribution >= 0.6 is 0 Å². The monoisotopic (exact) mass is 388 g/mol. The van der Waals surface area contributed by atoms with Crippen molar-refractivity contribution >= 4 is 27.7 Å². The number of esters is 1. The van der Waals surface area contributed by atoms with Gasteiger partial charge in [0.25, 0.3) is 0 Å². The first kappa shape index (κ1) is 20.8. The number of carbonyl (C=O) groups excluding carboxylic acids is 3. The molecular formula is C17H28N2O6S. The maximum atomic E-state index is 13.1. The minimum Gasteiger partial charge on any atom is -0.467 e. The Balaban J connectivity index is 2.17. The molecule has 0 aromatic rings. The van der Waals surface area contributed by atoms with Gasteiger partial charge in [0.2, 0.25) is 15.9 Å². The first-order valence-electron chi connectivity index (χ1n) is 9.18. The summed E-state index contributed by atoms with van der Waals surface area (Å²) in [4.78, 5) is 36.0. The number of ketones is 1. The lowest BCUT2D eigenvalue weighted by Gasteiger charge is -2.37. The van der Waals surface area contributed by atoms with Crippen molar-refractivity contribution in [2.24, 2.45) is 0 Å². The number of hydrogen-bond acceptors (Lipinski definition) is 6. The van der Waals surface area contributed by atoms with Gasteiger partial charge in [-0.15, -0.1) is 0 Å². The molecule has 1 heterocycles. The second kappa shape index (κ2) is 8.94. The summed E-state index contributed by atoms with van der Waals surface area (Å²) in [5, 5.41) is 1.92. The lowest BCUT2D eigenvalue weighted by atomic mass is 10.0. The highest BCUT2D eigenvalue weighted by molar-refractivity contribution is 7.89. The van der Waals surface area contributed by atoms with Gasteiger partial charge in [-0.05, 0) is 32.6 Å². The summed E-state index contributed by atoms with van der Waals surface area (Å²) in [7, 11) is -2.46. The van der Waals surface area contributed by atoms with E-state index in [9.17, 15) is 22.8 Å². The van der Waals surface area contributed by atoms with Gasteiger partial charge in [-0.25, -0.2) is 13.2 Å². The van der Waals surface area contributed by atoms with E-state index in [0.29, 0.717) is 32.2 Å². The van der Waals surface area contributed by atoms with Crippen LogP contribution in [0.15, 0.2) is 0 Å². The van der Waals surface area contributed by atoms with Crippen molar-refractivity contribution < 1.29 is 27.5 Å². The largest absolute Gasteiger partial charge is 0.467 e. The summed E-state index contributed by atoms with van der Waals surface area (Å²) >= 11 is 0. The molecule has 1 unspecified atom stereocenters. The van der Waals surface area contributed by atoms with Gasteiger partial charge in [-0.1, -0.05) is 25.7 Å². The smallest absolute Gasteiger partial charge is 0.336 e. The molecule has 8 nitrogen and oxygen atoms in total. The number of Topliss-reactive ketones (excluding diaryl/α,β-unsaturated/α-hetero) is 1. The van der Waals surface area contributed by atoms with Crippen LogP contribution < -0.4 is 5.32 Å². The van der Waals surface area contributed by atoms with E-state index in [1.165, 1.54) is 11.2 Å². The number of piperidine rings is 1. The van der Waals surface area contributed by atoms with Crippen LogP contribution in [0.1, 0.15) is 58.3 Å². The van der Waals surface area contributed by atoms with E-state index in [1.807, 2.05) is 0 Å². The Morgan fingerprint density at radius 2 is 1.65 bits per heavy atom. The Morgan fingerprint density at radius 1 is 1.04 bits per heavy atom. The van der Waals surface area contributed by atoms with Gasteiger partial charge in [0.15, 0.2) is 11.8 Å². The van der Waals surface area contributed by atoms with Gasteiger partial charge in [-0.2, -0.15) is 4.31 Å². The highest BCUT2D eigenvalue weighted by Crippen LogP contribution is 2.30. The van der Waals surface area contributed by atoms with E-state index >= 15 is 0 Å². The van der Waals surface area contributed by atoms with Crippen LogP contribution in [0.3, 0.4) is 0 Å². The number of nitrogens with one attached hydrogen (secondary N) is 1. The van der Waals surface area contributed by atoms with Crippen LogP contribution in [0.2, 0.25) is 0 Å². The van der Waals surface area contributed by atoms with Crippen LogP contribution in [-0.4, -0.2) is 61.4 Å². The zero-order chi connectivity index (χ0) is 19.3. The van der Waals surface area contributed by atoms with Crippen molar-refractivity contribution in [3.8, 4) is 0 Å². The summed E-state index contributed by atoms with van der Waals surface area (Å²) in [6.45, 7) is 1.47. The maximum Gasteiger partial charge on any atom is 0.336 e. The Hall–Kier alpha value is -1.48. The highest BCUT2D eigenvalue weighted by atomic mass is 32.2. The summed E-state index contributed by atoms with van der Waals surface area (Å²) in [5.74, 6) is -2.03. The Kier molecular flexibility index (Phi) is 7.16. The normalized spacial score (nSPS) is 23.8. The number of amides is 1. The predicted molar refractivity (Wildman–Crippen MR) is 94.8 cm³/mol. The number of carbonyl (C=O) groups is 3. The third-order valence-corrected chi connectivity index (χ3v) is 7.59. The summed E-state index contributed by atoms with van der Waals surface area (Å²) in [5.41, 5.74) is 0. The Labute approximate surface area is 154 Å². The summed E-state index contributed by atoms with van der Waals surface area (Å²) in [6, 6.07) is -2.30. The van der Waals surface area contributed by atoms with Gasteiger partial charge in [-0.3, -0.25) is 9.59 Å². The minimum atomic E-state index is -3.59. The zero-order valence-electron chi connectivity index (χ0n) is 15.4. The molecule has 1 amide bonds. The van der Waals surface area contributed by atoms with Gasteiger partial charge in [0, 0.05) is 6.54 Å². The van der Waals surface area contributed by atoms with Crippen LogP contribution in [-0.2, 0) is 29.1 Å². The van der Waals surface area contributed by atoms with Crippen LogP contribution in [0.25, 0.3) is 0 Å². The van der Waals surface area contributed by atoms with Gasteiger partial charge >= 0.3 is 5.97 Å². The number of sulfonamides is 1. The van der Waals surface area contributed by atoms with Crippen molar-refractivity contribution in [3.63, 3.8) is 0 Å². The van der Waals surface area contributed by atoms with Crippen molar-refractivity contribution in [2.45, 2.75) is 75.6 Å². The first-order valence-corrected chi connectivity index (χ1v) is 10.7. The van der Waals surface area contributed by atoms with Crippen molar-refractivity contribution in [3.05, 3.63) is 0 Å². The quantitative estimate of drug-likeness (QED) is 0.531.